The number of aromatic nitrogens is 2. The molecule has 0 saturated heterocycles. The van der Waals surface area contributed by atoms with Gasteiger partial charge in [-0.25, -0.2) is 0 Å². The van der Waals surface area contributed by atoms with Crippen molar-refractivity contribution >= 4 is 16.6 Å². The number of hydrogen-bond acceptors (Lipinski definition) is 4. The summed E-state index contributed by atoms with van der Waals surface area (Å²) < 4.78 is 0. The van der Waals surface area contributed by atoms with Gasteiger partial charge in [-0.3, -0.25) is 14.8 Å². The third-order valence-corrected chi connectivity index (χ3v) is 8.80. The zero-order chi connectivity index (χ0) is 31.1. The van der Waals surface area contributed by atoms with Crippen LogP contribution in [0, 0.1) is 24.8 Å². The smallest absolute Gasteiger partial charge is 0.162 e. The third-order valence-electron chi connectivity index (χ3n) is 8.80. The maximum absolute atomic E-state index is 11.7. The molecule has 0 saturated carbocycles. The summed E-state index contributed by atoms with van der Waals surface area (Å²) in [6.45, 7) is 14.7. The molecule has 1 N–H and O–H groups in total. The van der Waals surface area contributed by atoms with Crippen LogP contribution in [-0.2, 0) is 37.7 Å². The summed E-state index contributed by atoms with van der Waals surface area (Å²) in [7, 11) is 0. The van der Waals surface area contributed by atoms with Crippen LogP contribution in [0.5, 0.6) is 0 Å². The standard InChI is InChI=1S/C26H23N2.C13H24O2.Ir/c1-16(2)23-12-21(11-18-6-4-5-7-22(18)23)25-13-24-20(15-27-25)9-8-19-10-17(3)14-28-26(19)24;1-5-10(6-2)12(14)9-13(15)11(7-3)8-4;/h4-7,10,12-16H,8-9H2,1-3H3;9-11,14H,5-8H2,1-4H3;/q-1;;/b;12-9-;. The first-order valence-corrected chi connectivity index (χ1v) is 16.0. The molecule has 44 heavy (non-hydrogen) atoms. The van der Waals surface area contributed by atoms with Crippen molar-refractivity contribution in [1.82, 2.24) is 9.97 Å². The minimum atomic E-state index is 0. The van der Waals surface area contributed by atoms with Crippen molar-refractivity contribution in [2.24, 2.45) is 11.8 Å². The van der Waals surface area contributed by atoms with Gasteiger partial charge in [-0.2, -0.15) is 0 Å². The van der Waals surface area contributed by atoms with Crippen molar-refractivity contribution in [3.8, 4) is 22.5 Å². The molecule has 0 fully saturated rings. The van der Waals surface area contributed by atoms with Crippen LogP contribution in [0.25, 0.3) is 33.3 Å². The molecule has 1 radical (unpaired) electrons. The Bertz CT molecular complexity index is 1600. The second kappa shape index (κ2) is 16.3. The number of nitrogens with zero attached hydrogens (tertiary/aromatic N) is 2. The SMILES string of the molecule is CCC(CC)C(=O)/C=C(\O)C(CC)CC.Cc1cnc2c(c1)CCc1cnc(-c3[c-]c4ccccc4c(C(C)C)c3)cc1-2.[Ir]. The molecule has 0 amide bonds. The molecule has 5 rings (SSSR count). The predicted octanol–water partition coefficient (Wildman–Crippen LogP) is 10.2. The van der Waals surface area contributed by atoms with E-state index < -0.39 is 0 Å². The Morgan fingerprint density at radius 1 is 0.909 bits per heavy atom. The molecular formula is C39H47IrN2O2-. The van der Waals surface area contributed by atoms with Gasteiger partial charge in [0.15, 0.2) is 5.78 Å². The molecule has 5 heteroatoms. The van der Waals surface area contributed by atoms with Gasteiger partial charge in [0.1, 0.15) is 0 Å². The molecule has 0 aliphatic heterocycles. The van der Waals surface area contributed by atoms with Crippen molar-refractivity contribution in [2.45, 2.75) is 92.9 Å². The first kappa shape index (κ1) is 35.3. The summed E-state index contributed by atoms with van der Waals surface area (Å²) in [5.74, 6) is 0.993. The van der Waals surface area contributed by atoms with Gasteiger partial charge in [-0.05, 0) is 73.6 Å². The summed E-state index contributed by atoms with van der Waals surface area (Å²) in [5, 5.41) is 12.2. The first-order chi connectivity index (χ1) is 20.7. The van der Waals surface area contributed by atoms with E-state index in [0.29, 0.717) is 5.92 Å². The Morgan fingerprint density at radius 2 is 1.57 bits per heavy atom. The number of fused-ring (bicyclic) bond motifs is 4. The maximum Gasteiger partial charge on any atom is 0.162 e. The molecule has 2 heterocycles. The van der Waals surface area contributed by atoms with E-state index in [1.54, 1.807) is 0 Å². The number of pyridine rings is 2. The minimum Gasteiger partial charge on any atom is -0.512 e. The summed E-state index contributed by atoms with van der Waals surface area (Å²) in [5.41, 5.74) is 9.57. The van der Waals surface area contributed by atoms with Crippen molar-refractivity contribution in [1.29, 1.82) is 0 Å². The number of ketones is 1. The molecule has 4 nitrogen and oxygen atoms in total. The third kappa shape index (κ3) is 8.11. The van der Waals surface area contributed by atoms with Gasteiger partial charge >= 0.3 is 0 Å². The molecule has 235 valence electrons. The number of carbonyl (C=O) groups excluding carboxylic acids is 1. The summed E-state index contributed by atoms with van der Waals surface area (Å²) in [6.07, 6.45) is 11.0. The molecule has 0 unspecified atom stereocenters. The quantitative estimate of drug-likeness (QED) is 0.105. The molecule has 0 bridgehead atoms. The molecule has 1 aliphatic rings. The van der Waals surface area contributed by atoms with Gasteiger partial charge in [0, 0.05) is 56.1 Å². The van der Waals surface area contributed by atoms with Gasteiger partial charge < -0.3 is 5.11 Å². The van der Waals surface area contributed by atoms with Crippen molar-refractivity contribution in [2.75, 3.05) is 0 Å². The zero-order valence-electron chi connectivity index (χ0n) is 27.3. The van der Waals surface area contributed by atoms with Gasteiger partial charge in [-0.1, -0.05) is 82.8 Å². The molecular weight excluding hydrogens is 721 g/mol. The monoisotopic (exact) mass is 768 g/mol. The largest absolute Gasteiger partial charge is 0.512 e. The van der Waals surface area contributed by atoms with E-state index in [1.165, 1.54) is 39.3 Å². The molecule has 2 aromatic heterocycles. The van der Waals surface area contributed by atoms with Crippen LogP contribution in [0.2, 0.25) is 0 Å². The Hall–Kier alpha value is -3.14. The molecule has 1 aliphatic carbocycles. The van der Waals surface area contributed by atoms with Gasteiger partial charge in [-0.15, -0.1) is 29.1 Å². The number of aliphatic hydroxyl groups is 1. The van der Waals surface area contributed by atoms with Crippen molar-refractivity contribution in [3.63, 3.8) is 0 Å². The Labute approximate surface area is 277 Å². The van der Waals surface area contributed by atoms with Crippen LogP contribution in [0.4, 0.5) is 0 Å². The summed E-state index contributed by atoms with van der Waals surface area (Å²) in [4.78, 5) is 21.3. The molecule has 0 atom stereocenters. The normalized spacial score (nSPS) is 12.5. The van der Waals surface area contributed by atoms with E-state index in [2.05, 4.69) is 69.3 Å². The van der Waals surface area contributed by atoms with Gasteiger partial charge in [0.25, 0.3) is 0 Å². The number of hydrogen-bond donors (Lipinski definition) is 1. The van der Waals surface area contributed by atoms with Gasteiger partial charge in [0.2, 0.25) is 0 Å². The minimum absolute atomic E-state index is 0. The number of carbonyl (C=O) groups is 1. The first-order valence-electron chi connectivity index (χ1n) is 16.0. The average molecular weight is 768 g/mol. The van der Waals surface area contributed by atoms with E-state index in [9.17, 15) is 9.90 Å². The average Bonchev–Trinajstić information content (AvgIpc) is 3.01. The fourth-order valence-corrected chi connectivity index (χ4v) is 6.04. The van der Waals surface area contributed by atoms with E-state index in [4.69, 9.17) is 9.97 Å². The topological polar surface area (TPSA) is 63.1 Å². The summed E-state index contributed by atoms with van der Waals surface area (Å²) >= 11 is 0. The fraction of sp³-hybridized carbons (Fsp3) is 0.410. The van der Waals surface area contributed by atoms with E-state index >= 15 is 0 Å². The second-order valence-electron chi connectivity index (χ2n) is 12.1. The van der Waals surface area contributed by atoms with Crippen molar-refractivity contribution in [3.05, 3.63) is 95.0 Å². The molecule has 0 spiro atoms. The van der Waals surface area contributed by atoms with Crippen LogP contribution in [0.1, 0.15) is 95.4 Å². The number of aryl methyl sites for hydroxylation is 3. The number of allylic oxidation sites excluding steroid dienone is 2. The fourth-order valence-electron chi connectivity index (χ4n) is 6.04. The number of aliphatic hydroxyl groups excluding tert-OH is 1. The second-order valence-corrected chi connectivity index (χ2v) is 12.1. The predicted molar refractivity (Wildman–Crippen MR) is 179 cm³/mol. The van der Waals surface area contributed by atoms with E-state index in [0.717, 1.165) is 60.9 Å². The van der Waals surface area contributed by atoms with Crippen LogP contribution in [-0.4, -0.2) is 20.9 Å². The summed E-state index contributed by atoms with van der Waals surface area (Å²) in [6, 6.07) is 18.8. The van der Waals surface area contributed by atoms with Crippen LogP contribution in [0.15, 0.2) is 66.7 Å². The van der Waals surface area contributed by atoms with Crippen LogP contribution in [0.3, 0.4) is 0 Å². The number of rotatable bonds is 9. The molecule has 2 aromatic carbocycles. The van der Waals surface area contributed by atoms with Crippen LogP contribution >= 0.6 is 0 Å². The van der Waals surface area contributed by atoms with E-state index in [-0.39, 0.29) is 43.5 Å². The Balaban J connectivity index is 0.000000286. The maximum atomic E-state index is 11.7. The van der Waals surface area contributed by atoms with Crippen LogP contribution < -0.4 is 0 Å². The zero-order valence-corrected chi connectivity index (χ0v) is 29.7. The Kier molecular flexibility index (Phi) is 13.1. The molecule has 4 aromatic rings. The van der Waals surface area contributed by atoms with Crippen molar-refractivity contribution < 1.29 is 30.0 Å². The van der Waals surface area contributed by atoms with Gasteiger partial charge in [0.05, 0.1) is 11.5 Å². The van der Waals surface area contributed by atoms with E-state index in [1.807, 2.05) is 40.1 Å². The number of benzene rings is 2. The Morgan fingerprint density at radius 3 is 2.23 bits per heavy atom.